The van der Waals surface area contributed by atoms with Crippen LogP contribution in [-0.2, 0) is 9.13 Å². The molecule has 0 atom stereocenters. The Labute approximate surface area is 56.8 Å². The van der Waals surface area contributed by atoms with Gasteiger partial charge in [0.1, 0.15) is 0 Å². The second-order valence-corrected chi connectivity index (χ2v) is 3.78. The summed E-state index contributed by atoms with van der Waals surface area (Å²) in [5.74, 6) is 0. The van der Waals surface area contributed by atoms with Gasteiger partial charge in [-0.15, -0.1) is 0 Å². The van der Waals surface area contributed by atoms with Crippen LogP contribution in [0.15, 0.2) is 0 Å². The molecule has 0 fully saturated rings. The lowest BCUT2D eigenvalue weighted by molar-refractivity contribution is 0.374. The number of hydrogen-bond acceptors (Lipinski definition) is 2. The molecule has 10 heavy (non-hydrogen) atoms. The van der Waals surface area contributed by atoms with Gasteiger partial charge in [-0.1, -0.05) is 0 Å². The number of nitrogens with two attached hydrogens (primary N) is 3. The minimum atomic E-state index is -4.14. The lowest BCUT2D eigenvalue weighted by atomic mass is 13.9. The molecule has 0 spiro atoms. The van der Waals surface area contributed by atoms with Crippen LogP contribution in [0.1, 0.15) is 0 Å². The third-order valence-corrected chi connectivity index (χ3v) is 0. The van der Waals surface area contributed by atoms with Gasteiger partial charge in [-0.3, -0.25) is 4.57 Å². The van der Waals surface area contributed by atoms with Crippen molar-refractivity contribution in [3.05, 3.63) is 0 Å². The fourth-order valence-electron chi connectivity index (χ4n) is 0. The van der Waals surface area contributed by atoms with Gasteiger partial charge in [0.2, 0.25) is 0 Å². The zero-order chi connectivity index (χ0) is 9.00. The third-order valence-electron chi connectivity index (χ3n) is 0. The SMILES string of the molecule is NP(=O)(O)O.NP(N)(=O)O. The van der Waals surface area contributed by atoms with E-state index in [9.17, 15) is 4.57 Å². The molecule has 10 heteroatoms. The van der Waals surface area contributed by atoms with Crippen LogP contribution in [0.2, 0.25) is 0 Å². The monoisotopic (exact) mass is 193 g/mol. The van der Waals surface area contributed by atoms with Crippen molar-refractivity contribution in [3.8, 4) is 0 Å². The first-order valence-electron chi connectivity index (χ1n) is 1.74. The molecule has 0 aliphatic carbocycles. The summed E-state index contributed by atoms with van der Waals surface area (Å²) < 4.78 is 18.4. The van der Waals surface area contributed by atoms with Gasteiger partial charge in [-0.25, -0.2) is 21.1 Å². The molecule has 0 rings (SSSR count). The fraction of sp³-hybridized carbons (Fsp3) is 0. The van der Waals surface area contributed by atoms with E-state index in [1.807, 2.05) is 0 Å². The molecule has 0 aliphatic rings. The first-order chi connectivity index (χ1) is 4.00. The molecule has 0 heterocycles. The van der Waals surface area contributed by atoms with Crippen molar-refractivity contribution in [2.24, 2.45) is 16.5 Å². The molecule has 0 unspecified atom stereocenters. The topological polar surface area (TPSA) is 173 Å². The highest BCUT2D eigenvalue weighted by Gasteiger charge is 1.96. The van der Waals surface area contributed by atoms with E-state index in [4.69, 9.17) is 19.2 Å². The maximum absolute atomic E-state index is 9.33. The van der Waals surface area contributed by atoms with Crippen molar-refractivity contribution in [1.82, 2.24) is 0 Å². The first-order valence-corrected chi connectivity index (χ1v) is 5.22. The van der Waals surface area contributed by atoms with Gasteiger partial charge >= 0.3 is 15.4 Å². The molecule has 0 radical (unpaired) electrons. The molecule has 0 aliphatic heterocycles. The summed E-state index contributed by atoms with van der Waals surface area (Å²) in [4.78, 5) is 22.5. The Hall–Kier alpha value is 0.220. The maximum Gasteiger partial charge on any atom is 0.397 e. The van der Waals surface area contributed by atoms with Crippen LogP contribution < -0.4 is 16.5 Å². The van der Waals surface area contributed by atoms with Gasteiger partial charge in [-0.05, 0) is 0 Å². The lowest BCUT2D eigenvalue weighted by Crippen LogP contribution is -2.01. The summed E-state index contributed by atoms with van der Waals surface area (Å²) in [5, 5.41) is 0. The van der Waals surface area contributed by atoms with Gasteiger partial charge in [0, 0.05) is 0 Å². The third kappa shape index (κ3) is 8850. The van der Waals surface area contributed by atoms with E-state index in [-0.39, 0.29) is 0 Å². The number of rotatable bonds is 0. The van der Waals surface area contributed by atoms with Gasteiger partial charge in [0.15, 0.2) is 0 Å². The average molecular weight is 193 g/mol. The van der Waals surface area contributed by atoms with Gasteiger partial charge < -0.3 is 14.7 Å². The van der Waals surface area contributed by atoms with Crippen molar-refractivity contribution in [2.75, 3.05) is 0 Å². The highest BCUT2D eigenvalue weighted by atomic mass is 31.2. The standard InChI is InChI=1S/H5N2O2P.H4NO3P/c2*1-5(2,3)4/h(H5,1,2,3,4);(H4,1,2,3,4). The Morgan fingerprint density at radius 1 is 0.900 bits per heavy atom. The van der Waals surface area contributed by atoms with E-state index in [0.29, 0.717) is 0 Å². The Bertz CT molecular complexity index is 127. The van der Waals surface area contributed by atoms with Gasteiger partial charge in [0.05, 0.1) is 0 Å². The van der Waals surface area contributed by atoms with E-state index in [1.54, 1.807) is 0 Å². The Balaban J connectivity index is 0. The molecule has 8 nitrogen and oxygen atoms in total. The van der Waals surface area contributed by atoms with E-state index in [1.165, 1.54) is 0 Å². The molecule has 0 aromatic heterocycles. The Morgan fingerprint density at radius 2 is 0.900 bits per heavy atom. The zero-order valence-corrected chi connectivity index (χ0v) is 6.57. The molecular formula is H9N3O5P2. The average Bonchev–Trinajstić information content (AvgIpc) is 1.12. The quantitative estimate of drug-likeness (QED) is 0.240. The van der Waals surface area contributed by atoms with Crippen LogP contribution >= 0.6 is 15.4 Å². The number of hydrogen-bond donors (Lipinski definition) is 6. The van der Waals surface area contributed by atoms with E-state index in [2.05, 4.69) is 16.5 Å². The summed E-state index contributed by atoms with van der Waals surface area (Å²) >= 11 is 0. The van der Waals surface area contributed by atoms with Crippen LogP contribution in [0.25, 0.3) is 0 Å². The molecule has 9 N–H and O–H groups in total. The minimum absolute atomic E-state index is 3.64. The van der Waals surface area contributed by atoms with Crippen molar-refractivity contribution in [1.29, 1.82) is 0 Å². The summed E-state index contributed by atoms with van der Waals surface area (Å²) in [5.41, 5.74) is 12.5. The Morgan fingerprint density at radius 3 is 0.900 bits per heavy atom. The predicted octanol–water partition coefficient (Wildman–Crippen LogP) is -1.96. The van der Waals surface area contributed by atoms with E-state index >= 15 is 0 Å². The van der Waals surface area contributed by atoms with Crippen LogP contribution in [0.3, 0.4) is 0 Å². The normalized spacial score (nSPS) is 11.8. The van der Waals surface area contributed by atoms with Crippen LogP contribution in [-0.4, -0.2) is 14.7 Å². The van der Waals surface area contributed by atoms with Crippen molar-refractivity contribution < 1.29 is 23.8 Å². The van der Waals surface area contributed by atoms with Gasteiger partial charge in [-0.2, -0.15) is 0 Å². The zero-order valence-electron chi connectivity index (χ0n) is 4.78. The van der Waals surface area contributed by atoms with Crippen molar-refractivity contribution >= 4 is 15.4 Å². The smallest absolute Gasteiger partial charge is 0.322 e. The predicted molar refractivity (Wildman–Crippen MR) is 34.4 cm³/mol. The maximum atomic E-state index is 9.33. The minimum Gasteiger partial charge on any atom is -0.322 e. The lowest BCUT2D eigenvalue weighted by Gasteiger charge is -1.86. The summed E-state index contributed by atoms with van der Waals surface area (Å²) in [6.07, 6.45) is 0. The molecule has 0 saturated heterocycles. The second-order valence-electron chi connectivity index (χ2n) is 1.26. The van der Waals surface area contributed by atoms with Crippen LogP contribution in [0.4, 0.5) is 0 Å². The molecule has 0 amide bonds. The summed E-state index contributed by atoms with van der Waals surface area (Å²) in [6, 6.07) is 0. The van der Waals surface area contributed by atoms with E-state index in [0.717, 1.165) is 0 Å². The molecule has 64 valence electrons. The second kappa shape index (κ2) is 4.17. The molecule has 0 bridgehead atoms. The Kier molecular flexibility index (Phi) is 5.36. The molecule has 0 saturated carbocycles. The van der Waals surface area contributed by atoms with Crippen LogP contribution in [0.5, 0.6) is 0 Å². The summed E-state index contributed by atoms with van der Waals surface area (Å²) in [7, 11) is -7.78. The van der Waals surface area contributed by atoms with Crippen molar-refractivity contribution in [2.45, 2.75) is 0 Å². The first kappa shape index (κ1) is 12.9. The van der Waals surface area contributed by atoms with Crippen molar-refractivity contribution in [3.63, 3.8) is 0 Å². The largest absolute Gasteiger partial charge is 0.397 e. The van der Waals surface area contributed by atoms with E-state index < -0.39 is 15.4 Å². The van der Waals surface area contributed by atoms with Crippen LogP contribution in [0, 0.1) is 0 Å². The highest BCUT2D eigenvalue weighted by Crippen LogP contribution is 2.20. The fourth-order valence-corrected chi connectivity index (χ4v) is 0. The summed E-state index contributed by atoms with van der Waals surface area (Å²) in [6.45, 7) is 0. The molecule has 0 aromatic rings. The molecular weight excluding hydrogens is 184 g/mol. The highest BCUT2D eigenvalue weighted by molar-refractivity contribution is 7.52. The molecule has 0 aromatic carbocycles. The van der Waals surface area contributed by atoms with Gasteiger partial charge in [0.25, 0.3) is 0 Å².